The van der Waals surface area contributed by atoms with Crippen LogP contribution in [-0.2, 0) is 9.59 Å². The first kappa shape index (κ1) is 16.2. The Morgan fingerprint density at radius 2 is 1.75 bits per heavy atom. The Labute approximate surface area is 142 Å². The second-order valence-corrected chi connectivity index (χ2v) is 6.51. The summed E-state index contributed by atoms with van der Waals surface area (Å²) in [6, 6.07) is 17.4. The van der Waals surface area contributed by atoms with E-state index in [2.05, 4.69) is 19.2 Å². The lowest BCUT2D eigenvalue weighted by Crippen LogP contribution is -2.28. The molecule has 1 unspecified atom stereocenters. The van der Waals surface area contributed by atoms with E-state index in [1.807, 2.05) is 54.6 Å². The molecule has 4 nitrogen and oxygen atoms in total. The second-order valence-electron chi connectivity index (χ2n) is 6.51. The first-order chi connectivity index (χ1) is 11.5. The number of benzene rings is 2. The quantitative estimate of drug-likeness (QED) is 0.931. The van der Waals surface area contributed by atoms with Gasteiger partial charge in [-0.05, 0) is 35.7 Å². The highest BCUT2D eigenvalue weighted by molar-refractivity contribution is 6.03. The van der Waals surface area contributed by atoms with Crippen molar-refractivity contribution < 1.29 is 9.59 Å². The van der Waals surface area contributed by atoms with Gasteiger partial charge < -0.3 is 10.2 Å². The van der Waals surface area contributed by atoms with Gasteiger partial charge >= 0.3 is 0 Å². The first-order valence-electron chi connectivity index (χ1n) is 8.31. The van der Waals surface area contributed by atoms with Gasteiger partial charge in [0.2, 0.25) is 11.8 Å². The van der Waals surface area contributed by atoms with E-state index >= 15 is 0 Å². The standard InChI is InChI=1S/C20H22N2O2/c1-14(2)15-8-10-18(11-9-15)22-13-16(12-19(22)23)20(24)21-17-6-4-3-5-7-17/h3-11,14,16H,12-13H2,1-2H3,(H,21,24). The van der Waals surface area contributed by atoms with Crippen molar-refractivity contribution in [3.63, 3.8) is 0 Å². The Morgan fingerprint density at radius 3 is 2.38 bits per heavy atom. The zero-order valence-electron chi connectivity index (χ0n) is 14.0. The van der Waals surface area contributed by atoms with E-state index in [4.69, 9.17) is 0 Å². The predicted octanol–water partition coefficient (Wildman–Crippen LogP) is 3.80. The van der Waals surface area contributed by atoms with Crippen molar-refractivity contribution in [2.24, 2.45) is 5.92 Å². The lowest BCUT2D eigenvalue weighted by atomic mass is 10.0. The van der Waals surface area contributed by atoms with Gasteiger partial charge in [-0.3, -0.25) is 9.59 Å². The summed E-state index contributed by atoms with van der Waals surface area (Å²) in [6.07, 6.45) is 0.255. The van der Waals surface area contributed by atoms with Crippen molar-refractivity contribution in [2.75, 3.05) is 16.8 Å². The molecule has 3 rings (SSSR count). The van der Waals surface area contributed by atoms with Crippen LogP contribution in [0.1, 0.15) is 31.7 Å². The first-order valence-corrected chi connectivity index (χ1v) is 8.31. The minimum absolute atomic E-state index is 0.000471. The van der Waals surface area contributed by atoms with Gasteiger partial charge in [-0.25, -0.2) is 0 Å². The maximum absolute atomic E-state index is 12.4. The maximum Gasteiger partial charge on any atom is 0.229 e. The van der Waals surface area contributed by atoms with Crippen molar-refractivity contribution in [3.8, 4) is 0 Å². The number of para-hydroxylation sites is 1. The van der Waals surface area contributed by atoms with E-state index in [1.54, 1.807) is 4.90 Å². The smallest absolute Gasteiger partial charge is 0.229 e. The molecule has 1 aliphatic rings. The number of carbonyl (C=O) groups is 2. The van der Waals surface area contributed by atoms with Gasteiger partial charge in [0.05, 0.1) is 5.92 Å². The molecule has 2 amide bonds. The van der Waals surface area contributed by atoms with Gasteiger partial charge in [-0.15, -0.1) is 0 Å². The van der Waals surface area contributed by atoms with Crippen molar-refractivity contribution in [1.29, 1.82) is 0 Å². The number of hydrogen-bond donors (Lipinski definition) is 1. The number of amides is 2. The molecule has 1 N–H and O–H groups in total. The third kappa shape index (κ3) is 3.48. The van der Waals surface area contributed by atoms with Gasteiger partial charge in [0.1, 0.15) is 0 Å². The molecule has 4 heteroatoms. The third-order valence-corrected chi connectivity index (χ3v) is 4.41. The van der Waals surface area contributed by atoms with Crippen LogP contribution in [0.3, 0.4) is 0 Å². The van der Waals surface area contributed by atoms with Crippen LogP contribution in [0.2, 0.25) is 0 Å². The van der Waals surface area contributed by atoms with E-state index in [0.29, 0.717) is 12.5 Å². The van der Waals surface area contributed by atoms with Gasteiger partial charge in [-0.2, -0.15) is 0 Å². The molecule has 2 aromatic rings. The fraction of sp³-hybridized carbons (Fsp3) is 0.300. The summed E-state index contributed by atoms with van der Waals surface area (Å²) < 4.78 is 0. The molecule has 1 heterocycles. The normalized spacial score (nSPS) is 17.4. The summed E-state index contributed by atoms with van der Waals surface area (Å²) in [5, 5.41) is 2.88. The predicted molar refractivity (Wildman–Crippen MR) is 96.1 cm³/mol. The molecular formula is C20H22N2O2. The van der Waals surface area contributed by atoms with Crippen LogP contribution < -0.4 is 10.2 Å². The largest absolute Gasteiger partial charge is 0.326 e. The number of nitrogens with zero attached hydrogens (tertiary/aromatic N) is 1. The SMILES string of the molecule is CC(C)c1ccc(N2CC(C(=O)Nc3ccccc3)CC2=O)cc1. The Hall–Kier alpha value is -2.62. The van der Waals surface area contributed by atoms with Crippen LogP contribution >= 0.6 is 0 Å². The fourth-order valence-corrected chi connectivity index (χ4v) is 2.94. The monoisotopic (exact) mass is 322 g/mol. The average Bonchev–Trinajstić information content (AvgIpc) is 2.98. The minimum Gasteiger partial charge on any atom is -0.326 e. The zero-order valence-corrected chi connectivity index (χ0v) is 14.0. The molecule has 1 atom stereocenters. The Morgan fingerprint density at radius 1 is 1.08 bits per heavy atom. The third-order valence-electron chi connectivity index (χ3n) is 4.41. The lowest BCUT2D eigenvalue weighted by Gasteiger charge is -2.17. The number of nitrogens with one attached hydrogen (secondary N) is 1. The molecule has 124 valence electrons. The van der Waals surface area contributed by atoms with Crippen LogP contribution in [0.4, 0.5) is 11.4 Å². The molecule has 1 aliphatic heterocycles. The van der Waals surface area contributed by atoms with Gasteiger partial charge in [0, 0.05) is 24.3 Å². The van der Waals surface area contributed by atoms with Crippen molar-refractivity contribution >= 4 is 23.2 Å². The van der Waals surface area contributed by atoms with Gasteiger partial charge in [-0.1, -0.05) is 44.2 Å². The number of rotatable bonds is 4. The van der Waals surface area contributed by atoms with E-state index < -0.39 is 0 Å². The van der Waals surface area contributed by atoms with Crippen molar-refractivity contribution in [1.82, 2.24) is 0 Å². The summed E-state index contributed by atoms with van der Waals surface area (Å²) in [5.74, 6) is 0.0385. The van der Waals surface area contributed by atoms with E-state index in [1.165, 1.54) is 5.56 Å². The van der Waals surface area contributed by atoms with Crippen molar-refractivity contribution in [2.45, 2.75) is 26.2 Å². The molecule has 0 bridgehead atoms. The van der Waals surface area contributed by atoms with E-state index in [-0.39, 0.29) is 24.2 Å². The number of anilines is 2. The maximum atomic E-state index is 12.4. The van der Waals surface area contributed by atoms with Crippen molar-refractivity contribution in [3.05, 3.63) is 60.2 Å². The Balaban J connectivity index is 1.68. The minimum atomic E-state index is -0.317. The Bertz CT molecular complexity index is 723. The molecule has 0 saturated carbocycles. The molecule has 2 aromatic carbocycles. The van der Waals surface area contributed by atoms with Crippen LogP contribution in [0.15, 0.2) is 54.6 Å². The molecular weight excluding hydrogens is 300 g/mol. The lowest BCUT2D eigenvalue weighted by molar-refractivity contribution is -0.122. The fourth-order valence-electron chi connectivity index (χ4n) is 2.94. The highest BCUT2D eigenvalue weighted by Crippen LogP contribution is 2.27. The summed E-state index contributed by atoms with van der Waals surface area (Å²) >= 11 is 0. The Kier molecular flexibility index (Phi) is 4.65. The van der Waals surface area contributed by atoms with E-state index in [0.717, 1.165) is 11.4 Å². The molecule has 0 radical (unpaired) electrons. The molecule has 0 spiro atoms. The van der Waals surface area contributed by atoms with Gasteiger partial charge in [0.25, 0.3) is 0 Å². The highest BCUT2D eigenvalue weighted by Gasteiger charge is 2.35. The highest BCUT2D eigenvalue weighted by atomic mass is 16.2. The molecule has 1 saturated heterocycles. The average molecular weight is 322 g/mol. The summed E-state index contributed by atoms with van der Waals surface area (Å²) in [4.78, 5) is 26.4. The van der Waals surface area contributed by atoms with E-state index in [9.17, 15) is 9.59 Å². The molecule has 1 fully saturated rings. The second kappa shape index (κ2) is 6.87. The molecule has 0 aromatic heterocycles. The van der Waals surface area contributed by atoms with Crippen LogP contribution in [0, 0.1) is 5.92 Å². The van der Waals surface area contributed by atoms with Crippen LogP contribution in [0.5, 0.6) is 0 Å². The van der Waals surface area contributed by atoms with Crippen LogP contribution in [0.25, 0.3) is 0 Å². The topological polar surface area (TPSA) is 49.4 Å². The number of hydrogen-bond acceptors (Lipinski definition) is 2. The summed E-state index contributed by atoms with van der Waals surface area (Å²) in [6.45, 7) is 4.71. The summed E-state index contributed by atoms with van der Waals surface area (Å²) in [5.41, 5.74) is 2.86. The zero-order chi connectivity index (χ0) is 17.1. The van der Waals surface area contributed by atoms with Crippen LogP contribution in [-0.4, -0.2) is 18.4 Å². The molecule has 0 aliphatic carbocycles. The summed E-state index contributed by atoms with van der Waals surface area (Å²) in [7, 11) is 0. The number of carbonyl (C=O) groups excluding carboxylic acids is 2. The van der Waals surface area contributed by atoms with Gasteiger partial charge in [0.15, 0.2) is 0 Å². The molecule has 24 heavy (non-hydrogen) atoms.